The van der Waals surface area contributed by atoms with Crippen molar-refractivity contribution in [3.05, 3.63) is 95.6 Å². The Labute approximate surface area is 125 Å². The van der Waals surface area contributed by atoms with Crippen LogP contribution in [0, 0.1) is 6.92 Å². The molecule has 0 radical (unpaired) electrons. The van der Waals surface area contributed by atoms with Gasteiger partial charge in [0, 0.05) is 6.42 Å². The molecule has 0 spiro atoms. The maximum Gasteiger partial charge on any atom is 0.130 e. The molecule has 0 atom stereocenters. The Kier molecular flexibility index (Phi) is 4.02. The topological polar surface area (TPSA) is 9.23 Å². The van der Waals surface area contributed by atoms with Crippen LogP contribution in [0.5, 0.6) is 11.5 Å². The molecule has 0 amide bonds. The Morgan fingerprint density at radius 2 is 1.10 bits per heavy atom. The maximum atomic E-state index is 5.78. The zero-order chi connectivity index (χ0) is 14.5. The second-order valence-corrected chi connectivity index (χ2v) is 5.15. The summed E-state index contributed by atoms with van der Waals surface area (Å²) in [5.74, 6) is 1.98. The molecule has 3 aromatic carbocycles. The van der Waals surface area contributed by atoms with Crippen LogP contribution in [-0.4, -0.2) is 0 Å². The highest BCUT2D eigenvalue weighted by Gasteiger charge is 2.14. The fraction of sp³-hybridized carbons (Fsp3) is 0.100. The molecule has 104 valence electrons. The SMILES string of the molecule is Cc1ccccc1.c1ccc2c(c1)Cc1ccccc1O2. The quantitative estimate of drug-likeness (QED) is 0.418. The van der Waals surface area contributed by atoms with E-state index < -0.39 is 0 Å². The average Bonchev–Trinajstić information content (AvgIpc) is 2.54. The number of rotatable bonds is 0. The highest BCUT2D eigenvalue weighted by molar-refractivity contribution is 5.49. The third-order valence-corrected chi connectivity index (χ3v) is 3.49. The molecule has 0 aromatic heterocycles. The number of benzene rings is 3. The first kappa shape index (κ1) is 13.4. The highest BCUT2D eigenvalue weighted by atomic mass is 16.5. The molecule has 0 saturated heterocycles. The van der Waals surface area contributed by atoms with Crippen LogP contribution in [0.25, 0.3) is 0 Å². The lowest BCUT2D eigenvalue weighted by atomic mass is 10.0. The molecule has 0 N–H and O–H groups in total. The van der Waals surface area contributed by atoms with E-state index in [0.717, 1.165) is 17.9 Å². The van der Waals surface area contributed by atoms with Gasteiger partial charge in [-0.1, -0.05) is 72.3 Å². The van der Waals surface area contributed by atoms with Gasteiger partial charge in [0.2, 0.25) is 0 Å². The zero-order valence-corrected chi connectivity index (χ0v) is 12.1. The summed E-state index contributed by atoms with van der Waals surface area (Å²) in [6, 6.07) is 26.6. The van der Waals surface area contributed by atoms with Crippen LogP contribution in [0.4, 0.5) is 0 Å². The Balaban J connectivity index is 0.000000160. The van der Waals surface area contributed by atoms with Crippen molar-refractivity contribution in [3.63, 3.8) is 0 Å². The van der Waals surface area contributed by atoms with Crippen molar-refractivity contribution in [1.82, 2.24) is 0 Å². The van der Waals surface area contributed by atoms with Crippen molar-refractivity contribution in [3.8, 4) is 11.5 Å². The Morgan fingerprint density at radius 3 is 1.57 bits per heavy atom. The van der Waals surface area contributed by atoms with Gasteiger partial charge in [-0.3, -0.25) is 0 Å². The molecular weight excluding hydrogens is 256 g/mol. The molecule has 1 heteroatoms. The van der Waals surface area contributed by atoms with E-state index in [-0.39, 0.29) is 0 Å². The first-order valence-electron chi connectivity index (χ1n) is 7.18. The summed E-state index contributed by atoms with van der Waals surface area (Å²) in [4.78, 5) is 0. The van der Waals surface area contributed by atoms with Crippen molar-refractivity contribution >= 4 is 0 Å². The first-order valence-corrected chi connectivity index (χ1v) is 7.18. The molecule has 0 fully saturated rings. The highest BCUT2D eigenvalue weighted by Crippen LogP contribution is 2.35. The van der Waals surface area contributed by atoms with E-state index in [1.165, 1.54) is 16.7 Å². The fourth-order valence-corrected chi connectivity index (χ4v) is 2.36. The third-order valence-electron chi connectivity index (χ3n) is 3.49. The molecular formula is C20H18O. The molecule has 3 aromatic rings. The van der Waals surface area contributed by atoms with Crippen molar-refractivity contribution < 1.29 is 4.74 Å². The molecule has 0 bridgehead atoms. The summed E-state index contributed by atoms with van der Waals surface area (Å²) in [5.41, 5.74) is 3.86. The molecule has 1 heterocycles. The summed E-state index contributed by atoms with van der Waals surface area (Å²) in [6.45, 7) is 2.08. The lowest BCUT2D eigenvalue weighted by Gasteiger charge is -2.19. The number of para-hydroxylation sites is 2. The minimum absolute atomic E-state index is 0.979. The summed E-state index contributed by atoms with van der Waals surface area (Å²) < 4.78 is 5.78. The van der Waals surface area contributed by atoms with Crippen molar-refractivity contribution in [2.45, 2.75) is 13.3 Å². The maximum absolute atomic E-state index is 5.78. The summed E-state index contributed by atoms with van der Waals surface area (Å²) in [5, 5.41) is 0. The second kappa shape index (κ2) is 6.27. The Morgan fingerprint density at radius 1 is 0.619 bits per heavy atom. The molecule has 1 aliphatic rings. The molecule has 4 rings (SSSR count). The monoisotopic (exact) mass is 274 g/mol. The van der Waals surface area contributed by atoms with E-state index in [4.69, 9.17) is 4.74 Å². The van der Waals surface area contributed by atoms with E-state index in [2.05, 4.69) is 43.3 Å². The van der Waals surface area contributed by atoms with E-state index in [0.29, 0.717) is 0 Å². The third kappa shape index (κ3) is 3.32. The van der Waals surface area contributed by atoms with Crippen LogP contribution in [-0.2, 0) is 6.42 Å². The number of hydrogen-bond donors (Lipinski definition) is 0. The van der Waals surface area contributed by atoms with Crippen molar-refractivity contribution in [2.75, 3.05) is 0 Å². The van der Waals surface area contributed by atoms with Gasteiger partial charge in [0.15, 0.2) is 0 Å². The van der Waals surface area contributed by atoms with Gasteiger partial charge in [-0.2, -0.15) is 0 Å². The summed E-state index contributed by atoms with van der Waals surface area (Å²) in [6.07, 6.45) is 0.979. The van der Waals surface area contributed by atoms with E-state index in [9.17, 15) is 0 Å². The van der Waals surface area contributed by atoms with Gasteiger partial charge in [0.25, 0.3) is 0 Å². The van der Waals surface area contributed by atoms with E-state index >= 15 is 0 Å². The van der Waals surface area contributed by atoms with Gasteiger partial charge in [-0.05, 0) is 30.2 Å². The minimum atomic E-state index is 0.979. The lowest BCUT2D eigenvalue weighted by molar-refractivity contribution is 0.460. The van der Waals surface area contributed by atoms with Gasteiger partial charge in [-0.25, -0.2) is 0 Å². The van der Waals surface area contributed by atoms with Crippen LogP contribution >= 0.6 is 0 Å². The number of hydrogen-bond acceptors (Lipinski definition) is 1. The van der Waals surface area contributed by atoms with Crippen LogP contribution in [0.2, 0.25) is 0 Å². The molecule has 0 unspecified atom stereocenters. The smallest absolute Gasteiger partial charge is 0.130 e. The van der Waals surface area contributed by atoms with Crippen molar-refractivity contribution in [2.24, 2.45) is 0 Å². The Hall–Kier alpha value is -2.54. The normalized spacial score (nSPS) is 11.3. The first-order chi connectivity index (χ1) is 10.3. The van der Waals surface area contributed by atoms with Crippen LogP contribution in [0.3, 0.4) is 0 Å². The number of ether oxygens (including phenoxy) is 1. The zero-order valence-electron chi connectivity index (χ0n) is 12.1. The predicted molar refractivity (Wildman–Crippen MR) is 86.9 cm³/mol. The predicted octanol–water partition coefficient (Wildman–Crippen LogP) is 5.38. The van der Waals surface area contributed by atoms with Crippen molar-refractivity contribution in [1.29, 1.82) is 0 Å². The molecule has 0 aliphatic carbocycles. The number of aryl methyl sites for hydroxylation is 1. The van der Waals surface area contributed by atoms with Gasteiger partial charge >= 0.3 is 0 Å². The van der Waals surface area contributed by atoms with E-state index in [1.807, 2.05) is 42.5 Å². The van der Waals surface area contributed by atoms with E-state index in [1.54, 1.807) is 0 Å². The summed E-state index contributed by atoms with van der Waals surface area (Å²) in [7, 11) is 0. The van der Waals surface area contributed by atoms with Gasteiger partial charge < -0.3 is 4.74 Å². The van der Waals surface area contributed by atoms with Crippen LogP contribution in [0.1, 0.15) is 16.7 Å². The second-order valence-electron chi connectivity index (χ2n) is 5.15. The van der Waals surface area contributed by atoms with Crippen LogP contribution < -0.4 is 4.74 Å². The molecule has 0 saturated carbocycles. The lowest BCUT2D eigenvalue weighted by Crippen LogP contribution is -2.01. The molecule has 1 aliphatic heterocycles. The minimum Gasteiger partial charge on any atom is -0.457 e. The van der Waals surface area contributed by atoms with Gasteiger partial charge in [0.1, 0.15) is 11.5 Å². The standard InChI is InChI=1S/C13H10O.C7H8/c1-3-7-12-10(5-1)9-11-6-2-4-8-13(11)14-12;1-7-5-3-2-4-6-7/h1-8H,9H2;2-6H,1H3. The summed E-state index contributed by atoms with van der Waals surface area (Å²) >= 11 is 0. The number of fused-ring (bicyclic) bond motifs is 2. The van der Waals surface area contributed by atoms with Crippen LogP contribution in [0.15, 0.2) is 78.9 Å². The molecule has 1 nitrogen and oxygen atoms in total. The van der Waals surface area contributed by atoms with Gasteiger partial charge in [0.05, 0.1) is 0 Å². The Bertz CT molecular complexity index is 629. The largest absolute Gasteiger partial charge is 0.457 e. The van der Waals surface area contributed by atoms with Gasteiger partial charge in [-0.15, -0.1) is 0 Å². The molecule has 21 heavy (non-hydrogen) atoms. The fourth-order valence-electron chi connectivity index (χ4n) is 2.36. The average molecular weight is 274 g/mol.